The lowest BCUT2D eigenvalue weighted by Gasteiger charge is -2.27. The van der Waals surface area contributed by atoms with Gasteiger partial charge in [0.2, 0.25) is 5.91 Å². The van der Waals surface area contributed by atoms with Crippen LogP contribution in [0.4, 0.5) is 11.4 Å². The first kappa shape index (κ1) is 24.3. The van der Waals surface area contributed by atoms with E-state index in [2.05, 4.69) is 16.0 Å². The molecule has 2 amide bonds. The number of aryl methyl sites for hydroxylation is 1. The molecule has 1 fully saturated rings. The molecule has 0 aromatic heterocycles. The topological polar surface area (TPSA) is 104 Å². The number of fused-ring (bicyclic) bond motifs is 1. The van der Waals surface area contributed by atoms with Crippen LogP contribution in [-0.2, 0) is 20.4 Å². The molecule has 0 saturated heterocycles. The minimum absolute atomic E-state index is 0.118. The molecule has 7 nitrogen and oxygen atoms in total. The number of carbonyl (C=O) groups is 2. The second-order valence-corrected chi connectivity index (χ2v) is 11.6. The van der Waals surface area contributed by atoms with E-state index in [-0.39, 0.29) is 23.5 Å². The van der Waals surface area contributed by atoms with E-state index in [1.165, 1.54) is 19.3 Å². The van der Waals surface area contributed by atoms with Crippen molar-refractivity contribution < 1.29 is 18.0 Å². The predicted molar refractivity (Wildman–Crippen MR) is 135 cm³/mol. The van der Waals surface area contributed by atoms with Gasteiger partial charge in [-0.2, -0.15) is 0 Å². The van der Waals surface area contributed by atoms with Gasteiger partial charge >= 0.3 is 0 Å². The van der Waals surface area contributed by atoms with Gasteiger partial charge in [-0.25, -0.2) is 8.42 Å². The highest BCUT2D eigenvalue weighted by molar-refractivity contribution is 7.90. The lowest BCUT2D eigenvalue weighted by atomic mass is 9.96. The number of hydrogen-bond donors (Lipinski definition) is 3. The van der Waals surface area contributed by atoms with Gasteiger partial charge in [0.05, 0.1) is 22.9 Å². The van der Waals surface area contributed by atoms with Crippen molar-refractivity contribution >= 4 is 33.0 Å². The first-order valence-corrected chi connectivity index (χ1v) is 13.9. The fourth-order valence-corrected chi connectivity index (χ4v) is 6.29. The van der Waals surface area contributed by atoms with E-state index < -0.39 is 21.8 Å². The van der Waals surface area contributed by atoms with Crippen LogP contribution in [0.15, 0.2) is 42.5 Å². The molecule has 182 valence electrons. The third kappa shape index (κ3) is 6.38. The number of carbonyl (C=O) groups excluding carboxylic acids is 2. The molecule has 0 bridgehead atoms. The van der Waals surface area contributed by atoms with Crippen molar-refractivity contribution in [1.82, 2.24) is 5.32 Å². The number of rotatable bonds is 6. The van der Waals surface area contributed by atoms with E-state index in [1.807, 2.05) is 25.1 Å². The van der Waals surface area contributed by atoms with Crippen molar-refractivity contribution in [3.05, 3.63) is 59.2 Å². The Kier molecular flexibility index (Phi) is 7.56. The third-order valence-electron chi connectivity index (χ3n) is 6.52. The van der Waals surface area contributed by atoms with Crippen molar-refractivity contribution in [2.24, 2.45) is 0 Å². The summed E-state index contributed by atoms with van der Waals surface area (Å²) in [6.07, 6.45) is 7.94. The van der Waals surface area contributed by atoms with Crippen molar-refractivity contribution in [3.63, 3.8) is 0 Å². The Balaban J connectivity index is 1.40. The van der Waals surface area contributed by atoms with E-state index in [1.54, 1.807) is 24.3 Å². The van der Waals surface area contributed by atoms with Crippen LogP contribution in [0, 0.1) is 6.92 Å². The summed E-state index contributed by atoms with van der Waals surface area (Å²) in [5, 5.41) is 8.95. The zero-order valence-corrected chi connectivity index (χ0v) is 20.4. The standard InChI is InChI=1S/C26H33N3O4S/c1-18-8-7-9-19(14-18)16-34(32,33)17-24-26(31)29-23-15-20(12-13-22(23)28-24)25(30)27-21-10-5-3-2-4-6-11-21/h7-9,12-15,21,24,28H,2-6,10-11,16-17H2,1H3,(H,27,30)(H,29,31)/t24-/m0/s1. The molecule has 34 heavy (non-hydrogen) atoms. The quantitative estimate of drug-likeness (QED) is 0.572. The smallest absolute Gasteiger partial charge is 0.251 e. The van der Waals surface area contributed by atoms with Crippen LogP contribution in [0.3, 0.4) is 0 Å². The number of nitrogens with one attached hydrogen (secondary N) is 3. The van der Waals surface area contributed by atoms with Crippen molar-refractivity contribution in [2.75, 3.05) is 16.4 Å². The molecular weight excluding hydrogens is 450 g/mol. The first-order valence-electron chi connectivity index (χ1n) is 12.1. The zero-order chi connectivity index (χ0) is 24.1. The number of anilines is 2. The summed E-state index contributed by atoms with van der Waals surface area (Å²) in [6, 6.07) is 11.7. The third-order valence-corrected chi connectivity index (χ3v) is 8.13. The molecular formula is C26H33N3O4S. The average molecular weight is 484 g/mol. The number of benzene rings is 2. The monoisotopic (exact) mass is 483 g/mol. The van der Waals surface area contributed by atoms with Gasteiger partial charge < -0.3 is 16.0 Å². The van der Waals surface area contributed by atoms with Gasteiger partial charge in [0, 0.05) is 11.6 Å². The molecule has 1 atom stereocenters. The van der Waals surface area contributed by atoms with Crippen LogP contribution in [0.1, 0.15) is 66.4 Å². The molecule has 3 N–H and O–H groups in total. The molecule has 8 heteroatoms. The minimum Gasteiger partial charge on any atom is -0.371 e. The van der Waals surface area contributed by atoms with Crippen molar-refractivity contribution in [2.45, 2.75) is 69.7 Å². The largest absolute Gasteiger partial charge is 0.371 e. The summed E-state index contributed by atoms with van der Waals surface area (Å²) >= 11 is 0. The van der Waals surface area contributed by atoms with E-state index >= 15 is 0 Å². The number of amides is 2. The fraction of sp³-hybridized carbons (Fsp3) is 0.462. The highest BCUT2D eigenvalue weighted by Crippen LogP contribution is 2.29. The molecule has 0 radical (unpaired) electrons. The SMILES string of the molecule is Cc1cccc(CS(=O)(=O)C[C@@H]2Nc3ccc(C(=O)NC4CCCCCCC4)cc3NC2=O)c1. The summed E-state index contributed by atoms with van der Waals surface area (Å²) in [5.74, 6) is -0.993. The van der Waals surface area contributed by atoms with E-state index in [0.29, 0.717) is 22.5 Å². The maximum absolute atomic E-state index is 12.8. The lowest BCUT2D eigenvalue weighted by molar-refractivity contribution is -0.116. The molecule has 1 saturated carbocycles. The summed E-state index contributed by atoms with van der Waals surface area (Å²) in [6.45, 7) is 1.91. The van der Waals surface area contributed by atoms with Gasteiger partial charge in [-0.15, -0.1) is 0 Å². The highest BCUT2D eigenvalue weighted by Gasteiger charge is 2.31. The predicted octanol–water partition coefficient (Wildman–Crippen LogP) is 4.19. The summed E-state index contributed by atoms with van der Waals surface area (Å²) < 4.78 is 25.5. The van der Waals surface area contributed by atoms with Gasteiger partial charge in [-0.3, -0.25) is 9.59 Å². The normalized spacial score (nSPS) is 19.2. The fourth-order valence-electron chi connectivity index (χ4n) is 4.74. The Labute approximate surface area is 201 Å². The number of sulfone groups is 1. The molecule has 4 rings (SSSR count). The van der Waals surface area contributed by atoms with Gasteiger partial charge in [0.25, 0.3) is 5.91 Å². The maximum Gasteiger partial charge on any atom is 0.251 e. The Morgan fingerprint density at radius 1 is 1.00 bits per heavy atom. The van der Waals surface area contributed by atoms with Crippen molar-refractivity contribution in [1.29, 1.82) is 0 Å². The van der Waals surface area contributed by atoms with Crippen LogP contribution in [0.25, 0.3) is 0 Å². The Hall–Kier alpha value is -2.87. The Morgan fingerprint density at radius 2 is 1.74 bits per heavy atom. The Bertz CT molecular complexity index is 1150. The first-order chi connectivity index (χ1) is 16.3. The summed E-state index contributed by atoms with van der Waals surface area (Å²) in [7, 11) is -3.52. The summed E-state index contributed by atoms with van der Waals surface area (Å²) in [5.41, 5.74) is 3.27. The molecule has 1 aliphatic heterocycles. The van der Waals surface area contributed by atoms with Gasteiger partial charge in [-0.1, -0.05) is 61.9 Å². The van der Waals surface area contributed by atoms with Crippen LogP contribution in [0.5, 0.6) is 0 Å². The highest BCUT2D eigenvalue weighted by atomic mass is 32.2. The van der Waals surface area contributed by atoms with Gasteiger partial charge in [-0.05, 0) is 43.5 Å². The van der Waals surface area contributed by atoms with Crippen molar-refractivity contribution in [3.8, 4) is 0 Å². The second-order valence-electron chi connectivity index (χ2n) is 9.51. The van der Waals surface area contributed by atoms with Crippen LogP contribution in [0.2, 0.25) is 0 Å². The maximum atomic E-state index is 12.8. The van der Waals surface area contributed by atoms with Gasteiger partial charge in [0.15, 0.2) is 9.84 Å². The number of hydrogen-bond acceptors (Lipinski definition) is 5. The molecule has 2 aliphatic rings. The Morgan fingerprint density at radius 3 is 2.47 bits per heavy atom. The lowest BCUT2D eigenvalue weighted by Crippen LogP contribution is -2.44. The van der Waals surface area contributed by atoms with Crippen LogP contribution < -0.4 is 16.0 Å². The van der Waals surface area contributed by atoms with Crippen LogP contribution >= 0.6 is 0 Å². The second kappa shape index (κ2) is 10.6. The van der Waals surface area contributed by atoms with E-state index in [0.717, 1.165) is 31.2 Å². The minimum atomic E-state index is -3.52. The molecule has 0 spiro atoms. The van der Waals surface area contributed by atoms with E-state index in [9.17, 15) is 18.0 Å². The zero-order valence-electron chi connectivity index (χ0n) is 19.6. The average Bonchev–Trinajstić information content (AvgIpc) is 2.75. The molecule has 0 unspecified atom stereocenters. The molecule has 2 aromatic carbocycles. The van der Waals surface area contributed by atoms with Gasteiger partial charge in [0.1, 0.15) is 6.04 Å². The van der Waals surface area contributed by atoms with E-state index in [4.69, 9.17) is 0 Å². The molecule has 2 aromatic rings. The molecule has 1 aliphatic carbocycles. The summed E-state index contributed by atoms with van der Waals surface area (Å²) in [4.78, 5) is 25.5. The van der Waals surface area contributed by atoms with Crippen LogP contribution in [-0.4, -0.2) is 38.1 Å². The molecule has 1 heterocycles.